The van der Waals surface area contributed by atoms with Crippen molar-refractivity contribution in [2.45, 2.75) is 57.8 Å². The molecule has 0 heterocycles. The normalized spacial score (nSPS) is 18.5. The van der Waals surface area contributed by atoms with Gasteiger partial charge in [-0.15, -0.1) is 0 Å². The van der Waals surface area contributed by atoms with Gasteiger partial charge in [0.2, 0.25) is 0 Å². The second kappa shape index (κ2) is 9.81. The van der Waals surface area contributed by atoms with Gasteiger partial charge in [0.1, 0.15) is 0 Å². The van der Waals surface area contributed by atoms with Crippen LogP contribution in [0.5, 0.6) is 0 Å². The fourth-order valence-electron chi connectivity index (χ4n) is 2.45. The fourth-order valence-corrected chi connectivity index (χ4v) is 2.94. The molecule has 17 heavy (non-hydrogen) atoms. The molecule has 0 aromatic rings. The molecule has 0 unspecified atom stereocenters. The zero-order valence-corrected chi connectivity index (χ0v) is 12.1. The maximum atomic E-state index is 6.06. The third-order valence-corrected chi connectivity index (χ3v) is 4.27. The number of thioether (sulfide) groups is 1. The van der Waals surface area contributed by atoms with Crippen LogP contribution < -0.4 is 5.73 Å². The van der Waals surface area contributed by atoms with Gasteiger partial charge in [0.15, 0.2) is 0 Å². The maximum Gasteiger partial charge on any atom is 0.0968 e. The summed E-state index contributed by atoms with van der Waals surface area (Å²) in [7, 11) is 0. The van der Waals surface area contributed by atoms with Crippen molar-refractivity contribution < 1.29 is 0 Å². The molecule has 1 fully saturated rings. The van der Waals surface area contributed by atoms with Crippen molar-refractivity contribution in [2.24, 2.45) is 16.6 Å². The monoisotopic (exact) mass is 256 g/mol. The largest absolute Gasteiger partial charge is 0.387 e. The van der Waals surface area contributed by atoms with Gasteiger partial charge >= 0.3 is 0 Å². The van der Waals surface area contributed by atoms with Crippen LogP contribution in [0.1, 0.15) is 57.8 Å². The summed E-state index contributed by atoms with van der Waals surface area (Å²) >= 11 is 1.94. The van der Waals surface area contributed by atoms with E-state index in [1.54, 1.807) is 0 Å². The van der Waals surface area contributed by atoms with Gasteiger partial charge in [0, 0.05) is 12.5 Å². The van der Waals surface area contributed by atoms with E-state index >= 15 is 0 Å². The summed E-state index contributed by atoms with van der Waals surface area (Å²) in [5.41, 5.74) is 6.06. The van der Waals surface area contributed by atoms with Crippen molar-refractivity contribution in [1.82, 2.24) is 0 Å². The van der Waals surface area contributed by atoms with Gasteiger partial charge in [0.25, 0.3) is 0 Å². The quantitative estimate of drug-likeness (QED) is 0.407. The van der Waals surface area contributed by atoms with Crippen LogP contribution in [0.25, 0.3) is 0 Å². The number of hydrogen-bond acceptors (Lipinski definition) is 2. The van der Waals surface area contributed by atoms with Gasteiger partial charge in [-0.25, -0.2) is 0 Å². The van der Waals surface area contributed by atoms with E-state index in [0.717, 1.165) is 12.4 Å². The molecule has 0 radical (unpaired) electrons. The fraction of sp³-hybridized carbons (Fsp3) is 0.929. The highest BCUT2D eigenvalue weighted by molar-refractivity contribution is 7.98. The molecule has 1 aliphatic rings. The smallest absolute Gasteiger partial charge is 0.0968 e. The first kappa shape index (κ1) is 14.9. The maximum absolute atomic E-state index is 6.06. The van der Waals surface area contributed by atoms with Gasteiger partial charge in [-0.1, -0.05) is 32.1 Å². The molecule has 1 saturated carbocycles. The second-order valence-electron chi connectivity index (χ2n) is 5.05. The van der Waals surface area contributed by atoms with E-state index in [-0.39, 0.29) is 0 Å². The Hall–Kier alpha value is -0.180. The van der Waals surface area contributed by atoms with Crippen LogP contribution in [0.4, 0.5) is 0 Å². The molecule has 0 spiro atoms. The van der Waals surface area contributed by atoms with Crippen molar-refractivity contribution in [3.63, 3.8) is 0 Å². The Balaban J connectivity index is 2.02. The minimum absolute atomic E-state index is 0.597. The molecule has 2 nitrogen and oxygen atoms in total. The highest BCUT2D eigenvalue weighted by Crippen LogP contribution is 2.23. The third-order valence-electron chi connectivity index (χ3n) is 3.57. The molecule has 2 N–H and O–H groups in total. The van der Waals surface area contributed by atoms with Crippen molar-refractivity contribution >= 4 is 17.6 Å². The van der Waals surface area contributed by atoms with Crippen molar-refractivity contribution in [2.75, 3.05) is 18.6 Å². The van der Waals surface area contributed by atoms with E-state index in [0.29, 0.717) is 5.92 Å². The van der Waals surface area contributed by atoms with Gasteiger partial charge in [0.05, 0.1) is 5.84 Å². The molecule has 3 heteroatoms. The average Bonchev–Trinajstić information content (AvgIpc) is 2.38. The van der Waals surface area contributed by atoms with E-state index in [2.05, 4.69) is 11.2 Å². The molecular weight excluding hydrogens is 228 g/mol. The zero-order valence-electron chi connectivity index (χ0n) is 11.3. The van der Waals surface area contributed by atoms with Crippen LogP contribution in [-0.4, -0.2) is 24.4 Å². The van der Waals surface area contributed by atoms with Crippen LogP contribution in [0, 0.1) is 5.92 Å². The predicted molar refractivity (Wildman–Crippen MR) is 79.9 cm³/mol. The molecule has 0 atom stereocenters. The number of nitrogens with zero attached hydrogens (tertiary/aromatic N) is 1. The first-order chi connectivity index (χ1) is 8.34. The lowest BCUT2D eigenvalue weighted by Crippen LogP contribution is -2.26. The van der Waals surface area contributed by atoms with E-state index in [9.17, 15) is 0 Å². The number of unbranched alkanes of at least 4 members (excludes halogenated alkanes) is 3. The van der Waals surface area contributed by atoms with Gasteiger partial charge in [-0.2, -0.15) is 11.8 Å². The molecule has 0 aromatic heterocycles. The Morgan fingerprint density at radius 2 is 1.82 bits per heavy atom. The summed E-state index contributed by atoms with van der Waals surface area (Å²) in [5.74, 6) is 2.84. The lowest BCUT2D eigenvalue weighted by molar-refractivity contribution is 0.436. The van der Waals surface area contributed by atoms with Crippen molar-refractivity contribution in [3.8, 4) is 0 Å². The first-order valence-electron chi connectivity index (χ1n) is 7.13. The molecule has 0 amide bonds. The topological polar surface area (TPSA) is 38.4 Å². The number of hydrogen-bond donors (Lipinski definition) is 1. The molecule has 1 rings (SSSR count). The summed E-state index contributed by atoms with van der Waals surface area (Å²) in [6.07, 6.45) is 14.0. The number of aliphatic imine (C=N–C) groups is 1. The Morgan fingerprint density at radius 1 is 1.12 bits per heavy atom. The van der Waals surface area contributed by atoms with Crippen LogP contribution in [0.15, 0.2) is 4.99 Å². The average molecular weight is 256 g/mol. The molecule has 0 aromatic carbocycles. The van der Waals surface area contributed by atoms with E-state index in [4.69, 9.17) is 5.73 Å². The second-order valence-corrected chi connectivity index (χ2v) is 6.03. The number of rotatable bonds is 8. The summed E-state index contributed by atoms with van der Waals surface area (Å²) < 4.78 is 0. The zero-order chi connectivity index (χ0) is 12.3. The number of nitrogens with two attached hydrogens (primary N) is 1. The summed E-state index contributed by atoms with van der Waals surface area (Å²) in [6.45, 7) is 0.946. The Bertz CT molecular complexity index is 210. The summed E-state index contributed by atoms with van der Waals surface area (Å²) in [4.78, 5) is 4.55. The third kappa shape index (κ3) is 6.97. The van der Waals surface area contributed by atoms with Gasteiger partial charge in [-0.05, 0) is 37.7 Å². The molecular formula is C14H28N2S. The molecule has 0 bridgehead atoms. The van der Waals surface area contributed by atoms with Gasteiger partial charge in [-0.3, -0.25) is 4.99 Å². The van der Waals surface area contributed by atoms with E-state index in [1.807, 2.05) is 11.8 Å². The summed E-state index contributed by atoms with van der Waals surface area (Å²) in [5, 5.41) is 0. The van der Waals surface area contributed by atoms with E-state index < -0.39 is 0 Å². The first-order valence-corrected chi connectivity index (χ1v) is 8.52. The standard InChI is InChI=1S/C14H28N2S/c1-17-12-8-3-2-7-11-16-14(15)13-9-5-4-6-10-13/h13H,2-12H2,1H3,(H2,15,16). The minimum Gasteiger partial charge on any atom is -0.387 e. The van der Waals surface area contributed by atoms with Gasteiger partial charge < -0.3 is 5.73 Å². The highest BCUT2D eigenvalue weighted by atomic mass is 32.2. The lowest BCUT2D eigenvalue weighted by Gasteiger charge is -2.20. The molecule has 1 aliphatic carbocycles. The SMILES string of the molecule is CSCCCCCCN=C(N)C1CCCCC1. The van der Waals surface area contributed by atoms with Crippen LogP contribution in [0.2, 0.25) is 0 Å². The number of amidine groups is 1. The predicted octanol–water partition coefficient (Wildman–Crippen LogP) is 3.85. The lowest BCUT2D eigenvalue weighted by atomic mass is 9.88. The molecule has 0 saturated heterocycles. The Kier molecular flexibility index (Phi) is 8.59. The van der Waals surface area contributed by atoms with Crippen LogP contribution >= 0.6 is 11.8 Å². The molecule has 100 valence electrons. The highest BCUT2D eigenvalue weighted by Gasteiger charge is 2.16. The summed E-state index contributed by atoms with van der Waals surface area (Å²) in [6, 6.07) is 0. The Labute approximate surface area is 111 Å². The van der Waals surface area contributed by atoms with E-state index in [1.165, 1.54) is 63.5 Å². The van der Waals surface area contributed by atoms with Crippen molar-refractivity contribution in [3.05, 3.63) is 0 Å². The van der Waals surface area contributed by atoms with Crippen LogP contribution in [-0.2, 0) is 0 Å². The Morgan fingerprint density at radius 3 is 2.53 bits per heavy atom. The molecule has 0 aliphatic heterocycles. The van der Waals surface area contributed by atoms with Crippen molar-refractivity contribution in [1.29, 1.82) is 0 Å². The van der Waals surface area contributed by atoms with Crippen LogP contribution in [0.3, 0.4) is 0 Å². The minimum atomic E-state index is 0.597.